The largest absolute Gasteiger partial charge is 0.409 e. The molecule has 6 heteroatoms. The predicted octanol–water partition coefficient (Wildman–Crippen LogP) is 0.587. The maximum absolute atomic E-state index is 11.8. The molecule has 17 heavy (non-hydrogen) atoms. The number of ether oxygens (including phenoxy) is 1. The minimum absolute atomic E-state index is 0.0286. The van der Waals surface area contributed by atoms with E-state index in [2.05, 4.69) is 10.5 Å². The van der Waals surface area contributed by atoms with Gasteiger partial charge in [0, 0.05) is 7.11 Å². The quantitative estimate of drug-likeness (QED) is 0.275. The van der Waals surface area contributed by atoms with Crippen molar-refractivity contribution < 1.29 is 14.7 Å². The molecule has 0 aromatic heterocycles. The van der Waals surface area contributed by atoms with Crippen LogP contribution < -0.4 is 11.1 Å². The number of nitrogens with zero attached hydrogens (tertiary/aromatic N) is 1. The number of carbonyl (C=O) groups excluding carboxylic acids is 1. The first kappa shape index (κ1) is 13.8. The molecule has 1 aliphatic carbocycles. The monoisotopic (exact) mass is 243 g/mol. The molecule has 0 aromatic carbocycles. The van der Waals surface area contributed by atoms with Crippen LogP contribution in [0.25, 0.3) is 0 Å². The van der Waals surface area contributed by atoms with Crippen molar-refractivity contribution in [1.29, 1.82) is 0 Å². The van der Waals surface area contributed by atoms with Gasteiger partial charge < -0.3 is 21.0 Å². The van der Waals surface area contributed by atoms with Crippen molar-refractivity contribution in [2.75, 3.05) is 7.11 Å². The molecular formula is C11H21N3O3. The van der Waals surface area contributed by atoms with Crippen LogP contribution in [0.4, 0.5) is 0 Å². The summed E-state index contributed by atoms with van der Waals surface area (Å²) in [7, 11) is 1.63. The highest BCUT2D eigenvalue weighted by Crippen LogP contribution is 2.37. The van der Waals surface area contributed by atoms with Crippen LogP contribution in [0.2, 0.25) is 0 Å². The number of amides is 1. The SMILES string of the molecule is CCC(NC(=O)CC1(OC)CCC1)C(N)=NO. The molecule has 6 nitrogen and oxygen atoms in total. The predicted molar refractivity (Wildman–Crippen MR) is 63.8 cm³/mol. The lowest BCUT2D eigenvalue weighted by Gasteiger charge is -2.40. The van der Waals surface area contributed by atoms with Gasteiger partial charge in [-0.05, 0) is 25.7 Å². The number of methoxy groups -OCH3 is 1. The molecular weight excluding hydrogens is 222 g/mol. The number of carbonyl (C=O) groups is 1. The summed E-state index contributed by atoms with van der Waals surface area (Å²) in [4.78, 5) is 11.8. The fourth-order valence-corrected chi connectivity index (χ4v) is 2.02. The average molecular weight is 243 g/mol. The summed E-state index contributed by atoms with van der Waals surface area (Å²) < 4.78 is 5.37. The average Bonchev–Trinajstić information content (AvgIpc) is 2.29. The van der Waals surface area contributed by atoms with Crippen LogP contribution in [0.5, 0.6) is 0 Å². The number of oxime groups is 1. The van der Waals surface area contributed by atoms with Crippen molar-refractivity contribution in [2.45, 2.75) is 50.7 Å². The van der Waals surface area contributed by atoms with Gasteiger partial charge in [-0.1, -0.05) is 12.1 Å². The molecule has 1 saturated carbocycles. The molecule has 4 N–H and O–H groups in total. The topological polar surface area (TPSA) is 96.9 Å². The van der Waals surface area contributed by atoms with E-state index in [9.17, 15) is 4.79 Å². The lowest BCUT2D eigenvalue weighted by molar-refractivity contribution is -0.134. The van der Waals surface area contributed by atoms with E-state index in [1.54, 1.807) is 7.11 Å². The maximum atomic E-state index is 11.8. The molecule has 1 amide bonds. The van der Waals surface area contributed by atoms with Gasteiger partial charge in [-0.2, -0.15) is 0 Å². The Hall–Kier alpha value is -1.30. The van der Waals surface area contributed by atoms with E-state index in [0.29, 0.717) is 12.8 Å². The summed E-state index contributed by atoms with van der Waals surface area (Å²) in [5.41, 5.74) is 5.17. The van der Waals surface area contributed by atoms with Crippen LogP contribution in [-0.2, 0) is 9.53 Å². The van der Waals surface area contributed by atoms with Gasteiger partial charge in [0.2, 0.25) is 5.91 Å². The third kappa shape index (κ3) is 3.33. The van der Waals surface area contributed by atoms with Crippen molar-refractivity contribution in [3.8, 4) is 0 Å². The highest BCUT2D eigenvalue weighted by Gasteiger charge is 2.39. The zero-order valence-electron chi connectivity index (χ0n) is 10.4. The Bertz CT molecular complexity index is 295. The van der Waals surface area contributed by atoms with Crippen molar-refractivity contribution >= 4 is 11.7 Å². The number of amidine groups is 1. The van der Waals surface area contributed by atoms with Crippen LogP contribution in [-0.4, -0.2) is 35.7 Å². The molecule has 1 unspecified atom stereocenters. The molecule has 1 aliphatic rings. The number of rotatable bonds is 6. The van der Waals surface area contributed by atoms with Gasteiger partial charge >= 0.3 is 0 Å². The van der Waals surface area contributed by atoms with E-state index in [4.69, 9.17) is 15.7 Å². The first-order valence-corrected chi connectivity index (χ1v) is 5.89. The third-order valence-corrected chi connectivity index (χ3v) is 3.40. The van der Waals surface area contributed by atoms with Crippen molar-refractivity contribution in [3.63, 3.8) is 0 Å². The molecule has 98 valence electrons. The van der Waals surface area contributed by atoms with Gasteiger partial charge in [-0.3, -0.25) is 4.79 Å². The first-order chi connectivity index (χ1) is 8.06. The second kappa shape index (κ2) is 5.86. The van der Waals surface area contributed by atoms with Gasteiger partial charge in [0.1, 0.15) is 0 Å². The van der Waals surface area contributed by atoms with Crippen LogP contribution in [0.15, 0.2) is 5.16 Å². The number of nitrogens with two attached hydrogens (primary N) is 1. The smallest absolute Gasteiger partial charge is 0.223 e. The van der Waals surface area contributed by atoms with Crippen molar-refractivity contribution in [3.05, 3.63) is 0 Å². The molecule has 0 aliphatic heterocycles. The molecule has 0 spiro atoms. The first-order valence-electron chi connectivity index (χ1n) is 5.89. The van der Waals surface area contributed by atoms with Crippen LogP contribution in [0.1, 0.15) is 39.0 Å². The standard InChI is InChI=1S/C11H21N3O3/c1-3-8(10(12)14-16)13-9(15)7-11(17-2)5-4-6-11/h8,16H,3-7H2,1-2H3,(H2,12,14)(H,13,15). The molecule has 1 rings (SSSR count). The summed E-state index contributed by atoms with van der Waals surface area (Å²) in [5.74, 6) is -0.0917. The zero-order chi connectivity index (χ0) is 12.9. The third-order valence-electron chi connectivity index (χ3n) is 3.40. The Morgan fingerprint density at radius 1 is 1.65 bits per heavy atom. The molecule has 1 fully saturated rings. The Morgan fingerprint density at radius 3 is 2.65 bits per heavy atom. The maximum Gasteiger partial charge on any atom is 0.223 e. The van der Waals surface area contributed by atoms with Crippen LogP contribution in [0, 0.1) is 0 Å². The van der Waals surface area contributed by atoms with E-state index in [1.807, 2.05) is 6.92 Å². The Labute approximate surface area is 101 Å². The van der Waals surface area contributed by atoms with E-state index in [0.717, 1.165) is 19.3 Å². The van der Waals surface area contributed by atoms with E-state index >= 15 is 0 Å². The van der Waals surface area contributed by atoms with E-state index < -0.39 is 6.04 Å². The van der Waals surface area contributed by atoms with Gasteiger partial charge in [0.15, 0.2) is 5.84 Å². The van der Waals surface area contributed by atoms with Gasteiger partial charge in [-0.15, -0.1) is 0 Å². The minimum atomic E-state index is -0.415. The summed E-state index contributed by atoms with van der Waals surface area (Å²) >= 11 is 0. The van der Waals surface area contributed by atoms with Gasteiger partial charge in [0.25, 0.3) is 0 Å². The van der Waals surface area contributed by atoms with Gasteiger partial charge in [-0.25, -0.2) is 0 Å². The Balaban J connectivity index is 2.48. The molecule has 0 aromatic rings. The summed E-state index contributed by atoms with van der Waals surface area (Å²) in [6.45, 7) is 1.86. The molecule has 0 heterocycles. The fraction of sp³-hybridized carbons (Fsp3) is 0.818. The van der Waals surface area contributed by atoms with Gasteiger partial charge in [0.05, 0.1) is 18.1 Å². The van der Waals surface area contributed by atoms with Crippen LogP contribution >= 0.6 is 0 Å². The van der Waals surface area contributed by atoms with E-state index in [-0.39, 0.29) is 17.3 Å². The summed E-state index contributed by atoms with van der Waals surface area (Å²) in [6, 6.07) is -0.415. The highest BCUT2D eigenvalue weighted by molar-refractivity contribution is 5.90. The number of hydrogen-bond acceptors (Lipinski definition) is 4. The molecule has 0 radical (unpaired) electrons. The minimum Gasteiger partial charge on any atom is -0.409 e. The van der Waals surface area contributed by atoms with E-state index in [1.165, 1.54) is 0 Å². The molecule has 0 saturated heterocycles. The lowest BCUT2D eigenvalue weighted by Crippen LogP contribution is -2.49. The number of hydrogen-bond donors (Lipinski definition) is 3. The Morgan fingerprint density at radius 2 is 2.29 bits per heavy atom. The van der Waals surface area contributed by atoms with Crippen molar-refractivity contribution in [1.82, 2.24) is 5.32 Å². The Kier molecular flexibility index (Phi) is 4.74. The molecule has 1 atom stereocenters. The molecule has 0 bridgehead atoms. The second-order valence-corrected chi connectivity index (χ2v) is 4.47. The van der Waals surface area contributed by atoms with Crippen molar-refractivity contribution in [2.24, 2.45) is 10.9 Å². The second-order valence-electron chi connectivity index (χ2n) is 4.47. The highest BCUT2D eigenvalue weighted by atomic mass is 16.5. The zero-order valence-corrected chi connectivity index (χ0v) is 10.4. The fourth-order valence-electron chi connectivity index (χ4n) is 2.02. The lowest BCUT2D eigenvalue weighted by atomic mass is 9.77. The summed E-state index contributed by atoms with van der Waals surface area (Å²) in [5, 5.41) is 14.2. The van der Waals surface area contributed by atoms with Crippen LogP contribution in [0.3, 0.4) is 0 Å². The number of nitrogens with one attached hydrogen (secondary N) is 1. The normalized spacial score (nSPS) is 20.5. The summed E-state index contributed by atoms with van der Waals surface area (Å²) in [6.07, 6.45) is 3.84.